The molecule has 118 valence electrons. The lowest BCUT2D eigenvalue weighted by Gasteiger charge is -2.27. The number of methoxy groups -OCH3 is 2. The van der Waals surface area contributed by atoms with E-state index in [1.165, 1.54) is 18.7 Å². The average Bonchev–Trinajstić information content (AvgIpc) is 2.92. The lowest BCUT2D eigenvalue weighted by molar-refractivity contribution is 0.0420. The summed E-state index contributed by atoms with van der Waals surface area (Å²) in [7, 11) is 3.08. The molecule has 0 bridgehead atoms. The molecule has 0 aromatic heterocycles. The van der Waals surface area contributed by atoms with Gasteiger partial charge in [-0.1, -0.05) is 11.6 Å². The van der Waals surface area contributed by atoms with Gasteiger partial charge in [-0.3, -0.25) is 4.79 Å². The number of aromatic hydroxyl groups is 1. The second-order valence-corrected chi connectivity index (χ2v) is 5.52. The van der Waals surface area contributed by atoms with Crippen LogP contribution >= 0.6 is 0 Å². The van der Waals surface area contributed by atoms with Gasteiger partial charge in [0.15, 0.2) is 11.5 Å². The number of hydrogen-bond donors (Lipinski definition) is 2. The van der Waals surface area contributed by atoms with Crippen LogP contribution in [0.25, 0.3) is 0 Å². The topological polar surface area (TPSA) is 71.0 Å². The number of benzene rings is 1. The van der Waals surface area contributed by atoms with Crippen molar-refractivity contribution in [2.24, 2.45) is 0 Å². The summed E-state index contributed by atoms with van der Waals surface area (Å²) >= 11 is 0. The van der Waals surface area contributed by atoms with Crippen LogP contribution in [0.2, 0.25) is 0 Å². The maximum absolute atomic E-state index is 12.9. The van der Waals surface area contributed by atoms with Crippen molar-refractivity contribution in [3.05, 3.63) is 29.3 Å². The van der Waals surface area contributed by atoms with E-state index >= 15 is 0 Å². The predicted molar refractivity (Wildman–Crippen MR) is 82.3 cm³/mol. The molecule has 0 radical (unpaired) electrons. The number of nitrogens with one attached hydrogen (secondary N) is 1. The van der Waals surface area contributed by atoms with E-state index in [0.717, 1.165) is 6.42 Å². The van der Waals surface area contributed by atoms with Crippen LogP contribution in [0.3, 0.4) is 0 Å². The molecule has 2 N–H and O–H groups in total. The first-order chi connectivity index (χ1) is 10.6. The molecule has 2 atom stereocenters. The predicted octanol–water partition coefficient (Wildman–Crippen LogP) is 1.96. The fourth-order valence-electron chi connectivity index (χ4n) is 3.13. The summed E-state index contributed by atoms with van der Waals surface area (Å²) in [5, 5.41) is 13.2. The first kappa shape index (κ1) is 14.7. The van der Waals surface area contributed by atoms with Crippen molar-refractivity contribution in [1.29, 1.82) is 0 Å². The van der Waals surface area contributed by atoms with Gasteiger partial charge in [-0.25, -0.2) is 0 Å². The van der Waals surface area contributed by atoms with Crippen LogP contribution in [0.5, 0.6) is 11.5 Å². The number of phenolic OH excluding ortho intramolecular Hbond substituents is 1. The number of rotatable bonds is 2. The van der Waals surface area contributed by atoms with E-state index in [1.807, 2.05) is 17.9 Å². The van der Waals surface area contributed by atoms with Crippen molar-refractivity contribution >= 4 is 11.6 Å². The van der Waals surface area contributed by atoms with Gasteiger partial charge in [0.2, 0.25) is 0 Å². The van der Waals surface area contributed by atoms with Gasteiger partial charge in [0, 0.05) is 19.7 Å². The molecule has 0 spiro atoms. The number of fused-ring (bicyclic) bond motifs is 2. The van der Waals surface area contributed by atoms with Crippen molar-refractivity contribution in [2.45, 2.75) is 25.6 Å². The molecule has 1 saturated heterocycles. The molecule has 1 aromatic rings. The Bertz CT molecular complexity index is 641. The van der Waals surface area contributed by atoms with Crippen LogP contribution in [-0.2, 0) is 4.74 Å². The Labute approximate surface area is 129 Å². The summed E-state index contributed by atoms with van der Waals surface area (Å²) in [5.41, 5.74) is 2.26. The van der Waals surface area contributed by atoms with Crippen LogP contribution in [0, 0.1) is 0 Å². The minimum absolute atomic E-state index is 0.00685. The second kappa shape index (κ2) is 5.53. The minimum atomic E-state index is -0.324. The Hall–Kier alpha value is -2.21. The van der Waals surface area contributed by atoms with Crippen molar-refractivity contribution < 1.29 is 19.4 Å². The maximum Gasteiger partial charge on any atom is 0.256 e. The van der Waals surface area contributed by atoms with Crippen LogP contribution in [0.1, 0.15) is 23.7 Å². The van der Waals surface area contributed by atoms with Crippen LogP contribution in [0.15, 0.2) is 23.8 Å². The Morgan fingerprint density at radius 1 is 1.41 bits per heavy atom. The summed E-state index contributed by atoms with van der Waals surface area (Å²) in [5.74, 6) is 0.196. The monoisotopic (exact) mass is 304 g/mol. The number of amides is 1. The average molecular weight is 304 g/mol. The van der Waals surface area contributed by atoms with Gasteiger partial charge in [-0.15, -0.1) is 0 Å². The van der Waals surface area contributed by atoms with E-state index in [4.69, 9.17) is 9.47 Å². The van der Waals surface area contributed by atoms with Crippen molar-refractivity contribution in [3.63, 3.8) is 0 Å². The minimum Gasteiger partial charge on any atom is -0.504 e. The number of nitrogens with zero attached hydrogens (tertiary/aromatic N) is 1. The van der Waals surface area contributed by atoms with E-state index in [9.17, 15) is 9.90 Å². The summed E-state index contributed by atoms with van der Waals surface area (Å²) in [4.78, 5) is 14.7. The van der Waals surface area contributed by atoms with Crippen molar-refractivity contribution in [1.82, 2.24) is 4.90 Å². The molecule has 0 saturated carbocycles. The molecule has 1 aromatic carbocycles. The summed E-state index contributed by atoms with van der Waals surface area (Å²) < 4.78 is 10.7. The summed E-state index contributed by atoms with van der Waals surface area (Å²) in [6.07, 6.45) is 2.51. The lowest BCUT2D eigenvalue weighted by Crippen LogP contribution is -2.44. The standard InChI is InChI=1S/C16H20N2O4/c1-4-9-5-12-15(22-3)17-11-7-13(19)14(21-2)6-10(11)16(20)18(12)8-9/h4,6-7,12,15,17,19H,5,8H2,1-3H3/b9-4-/t12-,15+/m0/s1. The number of carbonyl (C=O) groups excluding carboxylic acids is 1. The quantitative estimate of drug-likeness (QED) is 0.817. The first-order valence-electron chi connectivity index (χ1n) is 7.24. The lowest BCUT2D eigenvalue weighted by atomic mass is 10.1. The zero-order chi connectivity index (χ0) is 15.9. The first-order valence-corrected chi connectivity index (χ1v) is 7.24. The highest BCUT2D eigenvalue weighted by Crippen LogP contribution is 2.38. The number of anilines is 1. The fourth-order valence-corrected chi connectivity index (χ4v) is 3.13. The smallest absolute Gasteiger partial charge is 0.256 e. The molecule has 1 fully saturated rings. The fraction of sp³-hybridized carbons (Fsp3) is 0.438. The van der Waals surface area contributed by atoms with Crippen molar-refractivity contribution in [3.8, 4) is 11.5 Å². The van der Waals surface area contributed by atoms with E-state index in [2.05, 4.69) is 5.32 Å². The van der Waals surface area contributed by atoms with Gasteiger partial charge in [0.05, 0.1) is 24.4 Å². The van der Waals surface area contributed by atoms with Crippen LogP contribution in [0.4, 0.5) is 5.69 Å². The van der Waals surface area contributed by atoms with E-state index in [-0.39, 0.29) is 29.7 Å². The maximum atomic E-state index is 12.9. The molecule has 2 aliphatic heterocycles. The molecule has 6 nitrogen and oxygen atoms in total. The van der Waals surface area contributed by atoms with Gasteiger partial charge >= 0.3 is 0 Å². The van der Waals surface area contributed by atoms with Crippen LogP contribution in [-0.4, -0.2) is 48.9 Å². The Morgan fingerprint density at radius 3 is 2.82 bits per heavy atom. The van der Waals surface area contributed by atoms with Crippen LogP contribution < -0.4 is 10.1 Å². The number of allylic oxidation sites excluding steroid dienone is 1. The molecule has 2 aliphatic rings. The molecule has 0 unspecified atom stereocenters. The highest BCUT2D eigenvalue weighted by atomic mass is 16.5. The Morgan fingerprint density at radius 2 is 2.18 bits per heavy atom. The molecule has 3 rings (SSSR count). The number of ether oxygens (including phenoxy) is 2. The van der Waals surface area contributed by atoms with Gasteiger partial charge in [0.25, 0.3) is 5.91 Å². The van der Waals surface area contributed by atoms with Gasteiger partial charge < -0.3 is 24.8 Å². The largest absolute Gasteiger partial charge is 0.504 e. The zero-order valence-electron chi connectivity index (χ0n) is 12.9. The van der Waals surface area contributed by atoms with E-state index in [0.29, 0.717) is 17.8 Å². The Balaban J connectivity index is 2.09. The van der Waals surface area contributed by atoms with E-state index in [1.54, 1.807) is 13.2 Å². The highest BCUT2D eigenvalue weighted by Gasteiger charge is 2.41. The molecule has 6 heteroatoms. The molecule has 0 aliphatic carbocycles. The zero-order valence-corrected chi connectivity index (χ0v) is 12.9. The molecular weight excluding hydrogens is 284 g/mol. The molecular formula is C16H20N2O4. The van der Waals surface area contributed by atoms with Gasteiger partial charge in [-0.2, -0.15) is 0 Å². The van der Waals surface area contributed by atoms with E-state index < -0.39 is 0 Å². The number of phenols is 1. The summed E-state index contributed by atoms with van der Waals surface area (Å²) in [6, 6.07) is 3.02. The molecule has 2 heterocycles. The third-order valence-electron chi connectivity index (χ3n) is 4.36. The van der Waals surface area contributed by atoms with Crippen molar-refractivity contribution in [2.75, 3.05) is 26.1 Å². The Kier molecular flexibility index (Phi) is 3.70. The number of carbonyl (C=O) groups is 1. The normalized spacial score (nSPS) is 25.5. The van der Waals surface area contributed by atoms with Gasteiger partial charge in [-0.05, 0) is 19.4 Å². The summed E-state index contributed by atoms with van der Waals surface area (Å²) in [6.45, 7) is 2.58. The second-order valence-electron chi connectivity index (χ2n) is 5.52. The molecule has 22 heavy (non-hydrogen) atoms. The molecule has 1 amide bonds. The number of hydrogen-bond acceptors (Lipinski definition) is 5. The van der Waals surface area contributed by atoms with Gasteiger partial charge in [0.1, 0.15) is 6.23 Å². The third-order valence-corrected chi connectivity index (χ3v) is 4.36. The SMILES string of the molecule is C/C=C1/C[C@H]2[C@@H](OC)Nc3cc(O)c(OC)cc3C(=O)N2C1. The highest BCUT2D eigenvalue weighted by molar-refractivity contribution is 6.02. The third kappa shape index (κ3) is 2.20.